The van der Waals surface area contributed by atoms with Crippen LogP contribution < -0.4 is 10.0 Å². The van der Waals surface area contributed by atoms with Gasteiger partial charge < -0.3 is 9.64 Å². The lowest BCUT2D eigenvalue weighted by Gasteiger charge is -2.28. The summed E-state index contributed by atoms with van der Waals surface area (Å²) in [4.78, 5) is 16.3. The van der Waals surface area contributed by atoms with Crippen LogP contribution in [0.15, 0.2) is 23.1 Å². The lowest BCUT2D eigenvalue weighted by Crippen LogP contribution is -2.44. The molecule has 2 N–H and O–H groups in total. The van der Waals surface area contributed by atoms with E-state index >= 15 is 0 Å². The Hall–Kier alpha value is -1.48. The third-order valence-corrected chi connectivity index (χ3v) is 4.95. The van der Waals surface area contributed by atoms with Crippen LogP contribution in [0.1, 0.15) is 5.56 Å². The fourth-order valence-corrected chi connectivity index (χ4v) is 3.41. The largest absolute Gasteiger partial charge is 0.379 e. The van der Waals surface area contributed by atoms with Crippen molar-refractivity contribution >= 4 is 21.6 Å². The monoisotopic (exact) mass is 325 g/mol. The first-order valence-electron chi connectivity index (χ1n) is 7.21. The molecular weight excluding hydrogens is 306 g/mol. The summed E-state index contributed by atoms with van der Waals surface area (Å²) in [5.41, 5.74) is 1.63. The minimum Gasteiger partial charge on any atom is -0.379 e. The lowest BCUT2D eigenvalue weighted by molar-refractivity contribution is -0.120. The van der Waals surface area contributed by atoms with Gasteiger partial charge in [-0.2, -0.15) is 0 Å². The lowest BCUT2D eigenvalue weighted by atomic mass is 10.2. The molecule has 0 spiro atoms. The second kappa shape index (κ2) is 5.96. The summed E-state index contributed by atoms with van der Waals surface area (Å²) in [6, 6.07) is 4.68. The van der Waals surface area contributed by atoms with E-state index in [2.05, 4.69) is 4.90 Å². The molecule has 1 fully saturated rings. The number of fused-ring (bicyclic) bond motifs is 1. The number of carbonyl (C=O) groups is 1. The number of benzene rings is 1. The zero-order valence-corrected chi connectivity index (χ0v) is 13.0. The minimum absolute atomic E-state index is 0.0315. The summed E-state index contributed by atoms with van der Waals surface area (Å²) >= 11 is 0. The van der Waals surface area contributed by atoms with Crippen molar-refractivity contribution in [3.63, 3.8) is 0 Å². The van der Waals surface area contributed by atoms with Crippen LogP contribution in [0.3, 0.4) is 0 Å². The Kier molecular flexibility index (Phi) is 4.18. The third-order valence-electron chi connectivity index (χ3n) is 4.04. The van der Waals surface area contributed by atoms with Crippen LogP contribution in [0.5, 0.6) is 0 Å². The van der Waals surface area contributed by atoms with Gasteiger partial charge in [-0.3, -0.25) is 9.69 Å². The van der Waals surface area contributed by atoms with Gasteiger partial charge in [0.2, 0.25) is 15.9 Å². The van der Waals surface area contributed by atoms with Gasteiger partial charge in [-0.05, 0) is 30.2 Å². The van der Waals surface area contributed by atoms with Gasteiger partial charge in [-0.25, -0.2) is 13.6 Å². The molecule has 1 aromatic carbocycles. The maximum absolute atomic E-state index is 12.5. The number of rotatable bonds is 3. The van der Waals surface area contributed by atoms with Gasteiger partial charge in [-0.1, -0.05) is 0 Å². The Balaban J connectivity index is 1.75. The van der Waals surface area contributed by atoms with Crippen LogP contribution in [-0.2, 0) is 26.0 Å². The van der Waals surface area contributed by atoms with Crippen LogP contribution in [0.25, 0.3) is 0 Å². The second-order valence-electron chi connectivity index (χ2n) is 5.52. The number of nitrogens with zero attached hydrogens (tertiary/aromatic N) is 2. The van der Waals surface area contributed by atoms with Crippen LogP contribution >= 0.6 is 0 Å². The number of morpholine rings is 1. The smallest absolute Gasteiger partial charge is 0.241 e. The van der Waals surface area contributed by atoms with E-state index in [-0.39, 0.29) is 10.8 Å². The van der Waals surface area contributed by atoms with E-state index in [9.17, 15) is 13.2 Å². The molecule has 22 heavy (non-hydrogen) atoms. The number of amides is 1. The van der Waals surface area contributed by atoms with Gasteiger partial charge in [0.05, 0.1) is 24.7 Å². The summed E-state index contributed by atoms with van der Waals surface area (Å²) < 4.78 is 28.1. The van der Waals surface area contributed by atoms with Crippen LogP contribution in [0.2, 0.25) is 0 Å². The first-order valence-corrected chi connectivity index (χ1v) is 8.76. The molecule has 1 saturated heterocycles. The molecule has 2 heterocycles. The molecule has 0 aromatic heterocycles. The summed E-state index contributed by atoms with van der Waals surface area (Å²) in [6.45, 7) is 3.77. The topological polar surface area (TPSA) is 92.9 Å². The van der Waals surface area contributed by atoms with Crippen LogP contribution in [0, 0.1) is 0 Å². The predicted octanol–water partition coefficient (Wildman–Crippen LogP) is -0.445. The van der Waals surface area contributed by atoms with E-state index < -0.39 is 10.0 Å². The molecule has 0 atom stereocenters. The summed E-state index contributed by atoms with van der Waals surface area (Å²) in [5.74, 6) is 0.0315. The molecule has 0 bridgehead atoms. The Morgan fingerprint density at radius 3 is 2.64 bits per heavy atom. The molecular formula is C14H19N3O4S. The van der Waals surface area contributed by atoms with Crippen molar-refractivity contribution in [1.29, 1.82) is 0 Å². The molecule has 0 radical (unpaired) electrons. The normalized spacial score (nSPS) is 19.2. The number of anilines is 1. The van der Waals surface area contributed by atoms with Crippen molar-refractivity contribution in [2.24, 2.45) is 5.14 Å². The van der Waals surface area contributed by atoms with Crippen molar-refractivity contribution in [3.8, 4) is 0 Å². The van der Waals surface area contributed by atoms with Crippen LogP contribution in [0.4, 0.5) is 5.69 Å². The van der Waals surface area contributed by atoms with Gasteiger partial charge in [0.25, 0.3) is 0 Å². The number of ether oxygens (including phenoxy) is 1. The molecule has 120 valence electrons. The second-order valence-corrected chi connectivity index (χ2v) is 7.08. The zero-order chi connectivity index (χ0) is 15.7. The Morgan fingerprint density at radius 1 is 1.23 bits per heavy atom. The maximum atomic E-state index is 12.5. The SMILES string of the molecule is NS(=O)(=O)c1ccc2c(c1)CCN2C(=O)CN1CCOCC1. The van der Waals surface area contributed by atoms with E-state index in [1.807, 2.05) is 0 Å². The Bertz CT molecular complexity index is 683. The highest BCUT2D eigenvalue weighted by Crippen LogP contribution is 2.30. The number of primary sulfonamides is 1. The molecule has 0 unspecified atom stereocenters. The average Bonchev–Trinajstić information content (AvgIpc) is 2.90. The highest BCUT2D eigenvalue weighted by Gasteiger charge is 2.27. The molecule has 8 heteroatoms. The number of nitrogens with two attached hydrogens (primary N) is 1. The summed E-state index contributed by atoms with van der Waals surface area (Å²) in [5, 5.41) is 5.14. The number of hydrogen-bond acceptors (Lipinski definition) is 5. The predicted molar refractivity (Wildman–Crippen MR) is 81.1 cm³/mol. The molecule has 3 rings (SSSR count). The van der Waals surface area contributed by atoms with Crippen molar-refractivity contribution < 1.29 is 17.9 Å². The maximum Gasteiger partial charge on any atom is 0.241 e. The quantitative estimate of drug-likeness (QED) is 0.813. The minimum atomic E-state index is -3.71. The van der Waals surface area contributed by atoms with Crippen molar-refractivity contribution in [2.75, 3.05) is 44.3 Å². The first kappa shape index (κ1) is 15.4. The van der Waals surface area contributed by atoms with Gasteiger partial charge in [0, 0.05) is 25.3 Å². The molecule has 1 aromatic rings. The van der Waals surface area contributed by atoms with Gasteiger partial charge in [-0.15, -0.1) is 0 Å². The fourth-order valence-electron chi connectivity index (χ4n) is 2.85. The molecule has 1 amide bonds. The van der Waals surface area contributed by atoms with Crippen molar-refractivity contribution in [1.82, 2.24) is 4.90 Å². The van der Waals surface area contributed by atoms with E-state index in [0.29, 0.717) is 32.7 Å². The Morgan fingerprint density at radius 2 is 1.95 bits per heavy atom. The molecule has 7 nitrogen and oxygen atoms in total. The highest BCUT2D eigenvalue weighted by atomic mass is 32.2. The van der Waals surface area contributed by atoms with E-state index in [1.165, 1.54) is 6.07 Å². The van der Waals surface area contributed by atoms with Crippen molar-refractivity contribution in [2.45, 2.75) is 11.3 Å². The summed E-state index contributed by atoms with van der Waals surface area (Å²) in [7, 11) is -3.71. The number of sulfonamides is 1. The van der Waals surface area contributed by atoms with E-state index in [4.69, 9.17) is 9.88 Å². The van der Waals surface area contributed by atoms with E-state index in [1.54, 1.807) is 17.0 Å². The highest BCUT2D eigenvalue weighted by molar-refractivity contribution is 7.89. The molecule has 0 saturated carbocycles. The van der Waals surface area contributed by atoms with Gasteiger partial charge in [0.15, 0.2) is 0 Å². The summed E-state index contributed by atoms with van der Waals surface area (Å²) in [6.07, 6.45) is 0.646. The molecule has 2 aliphatic rings. The van der Waals surface area contributed by atoms with Crippen LogP contribution in [-0.4, -0.2) is 58.6 Å². The Labute approximate surface area is 129 Å². The number of hydrogen-bond donors (Lipinski definition) is 1. The standard InChI is InChI=1S/C14H19N3O4S/c15-22(19,20)12-1-2-13-11(9-12)3-4-17(13)14(18)10-16-5-7-21-8-6-16/h1-2,9H,3-8,10H2,(H2,15,19,20). The number of carbonyl (C=O) groups excluding carboxylic acids is 1. The van der Waals surface area contributed by atoms with Gasteiger partial charge >= 0.3 is 0 Å². The van der Waals surface area contributed by atoms with Gasteiger partial charge in [0.1, 0.15) is 0 Å². The average molecular weight is 325 g/mol. The van der Waals surface area contributed by atoms with E-state index in [0.717, 1.165) is 24.3 Å². The molecule has 2 aliphatic heterocycles. The van der Waals surface area contributed by atoms with Crippen molar-refractivity contribution in [3.05, 3.63) is 23.8 Å². The first-order chi connectivity index (χ1) is 10.4. The fraction of sp³-hybridized carbons (Fsp3) is 0.500. The third kappa shape index (κ3) is 3.14. The zero-order valence-electron chi connectivity index (χ0n) is 12.2. The molecule has 0 aliphatic carbocycles.